The van der Waals surface area contributed by atoms with Crippen LogP contribution in [0.1, 0.15) is 18.5 Å². The molecule has 0 aliphatic rings. The van der Waals surface area contributed by atoms with Gasteiger partial charge in [-0.05, 0) is 19.1 Å². The van der Waals surface area contributed by atoms with Crippen LogP contribution in [-0.2, 0) is 4.74 Å². The Balaban J connectivity index is 2.61. The fraction of sp³-hybridized carbons (Fsp3) is 0.455. The Labute approximate surface area is 98.0 Å². The summed E-state index contributed by atoms with van der Waals surface area (Å²) in [4.78, 5) is 0. The Morgan fingerprint density at radius 2 is 2.27 bits per heavy atom. The fourth-order valence-corrected chi connectivity index (χ4v) is 1.67. The molecule has 1 rings (SSSR count). The van der Waals surface area contributed by atoms with E-state index in [4.69, 9.17) is 4.74 Å². The lowest BCUT2D eigenvalue weighted by atomic mass is 10.1. The summed E-state index contributed by atoms with van der Waals surface area (Å²) in [5.41, 5.74) is 0.675. The highest BCUT2D eigenvalue weighted by Crippen LogP contribution is 2.20. The third-order valence-corrected chi connectivity index (χ3v) is 2.68. The van der Waals surface area contributed by atoms with Crippen LogP contribution in [0.2, 0.25) is 0 Å². The Bertz CT molecular complexity index is 319. The van der Waals surface area contributed by atoms with Crippen molar-refractivity contribution < 1.29 is 9.13 Å². The summed E-state index contributed by atoms with van der Waals surface area (Å²) in [5.74, 6) is -0.193. The first-order valence-corrected chi connectivity index (χ1v) is 5.61. The number of benzene rings is 1. The van der Waals surface area contributed by atoms with Gasteiger partial charge in [0.15, 0.2) is 0 Å². The first-order chi connectivity index (χ1) is 7.15. The minimum Gasteiger partial charge on any atom is -0.383 e. The lowest BCUT2D eigenvalue weighted by molar-refractivity contribution is 0.196. The van der Waals surface area contributed by atoms with E-state index >= 15 is 0 Å². The van der Waals surface area contributed by atoms with E-state index < -0.39 is 0 Å². The maximum atomic E-state index is 13.5. The molecule has 0 bridgehead atoms. The van der Waals surface area contributed by atoms with Crippen molar-refractivity contribution in [2.75, 3.05) is 20.3 Å². The number of hydrogen-bond donors (Lipinski definition) is 1. The van der Waals surface area contributed by atoms with E-state index in [-0.39, 0.29) is 11.9 Å². The van der Waals surface area contributed by atoms with Crippen molar-refractivity contribution in [1.82, 2.24) is 5.32 Å². The van der Waals surface area contributed by atoms with Crippen molar-refractivity contribution in [3.05, 3.63) is 34.1 Å². The van der Waals surface area contributed by atoms with Crippen LogP contribution < -0.4 is 5.32 Å². The molecule has 0 fully saturated rings. The standard InChI is InChI=1S/C11H15BrFNO/c1-8(14-5-6-15-2)10-4-3-9(12)7-11(10)13/h3-4,7-8,14H,5-6H2,1-2H3. The summed E-state index contributed by atoms with van der Waals surface area (Å²) >= 11 is 3.23. The highest BCUT2D eigenvalue weighted by Gasteiger charge is 2.09. The summed E-state index contributed by atoms with van der Waals surface area (Å²) in [6.45, 7) is 3.28. The van der Waals surface area contributed by atoms with Gasteiger partial charge in [-0.2, -0.15) is 0 Å². The zero-order chi connectivity index (χ0) is 11.3. The number of hydrogen-bond acceptors (Lipinski definition) is 2. The molecule has 0 amide bonds. The molecule has 1 N–H and O–H groups in total. The van der Waals surface area contributed by atoms with E-state index in [2.05, 4.69) is 21.2 Å². The molecule has 0 heterocycles. The van der Waals surface area contributed by atoms with E-state index in [1.165, 1.54) is 6.07 Å². The molecule has 0 aromatic heterocycles. The molecular formula is C11H15BrFNO. The van der Waals surface area contributed by atoms with E-state index in [0.717, 1.165) is 4.47 Å². The Morgan fingerprint density at radius 1 is 1.53 bits per heavy atom. The number of halogens is 2. The molecule has 1 atom stereocenters. The van der Waals surface area contributed by atoms with Gasteiger partial charge >= 0.3 is 0 Å². The highest BCUT2D eigenvalue weighted by molar-refractivity contribution is 9.10. The van der Waals surface area contributed by atoms with Crippen LogP contribution in [0, 0.1) is 5.82 Å². The zero-order valence-corrected chi connectivity index (χ0v) is 10.5. The molecule has 1 aromatic carbocycles. The monoisotopic (exact) mass is 275 g/mol. The summed E-state index contributed by atoms with van der Waals surface area (Å²) < 4.78 is 19.2. The van der Waals surface area contributed by atoms with Crippen LogP contribution in [0.4, 0.5) is 4.39 Å². The predicted octanol–water partition coefficient (Wildman–Crippen LogP) is 2.89. The van der Waals surface area contributed by atoms with Gasteiger partial charge in [-0.15, -0.1) is 0 Å². The largest absolute Gasteiger partial charge is 0.383 e. The van der Waals surface area contributed by atoms with E-state index in [9.17, 15) is 4.39 Å². The Morgan fingerprint density at radius 3 is 2.87 bits per heavy atom. The number of nitrogens with one attached hydrogen (secondary N) is 1. The van der Waals surface area contributed by atoms with Crippen molar-refractivity contribution in [2.24, 2.45) is 0 Å². The van der Waals surface area contributed by atoms with Gasteiger partial charge in [0.25, 0.3) is 0 Å². The maximum Gasteiger partial charge on any atom is 0.129 e. The van der Waals surface area contributed by atoms with E-state index in [1.807, 2.05) is 13.0 Å². The molecule has 0 saturated heterocycles. The molecule has 15 heavy (non-hydrogen) atoms. The van der Waals surface area contributed by atoms with Gasteiger partial charge in [0.1, 0.15) is 5.82 Å². The quantitative estimate of drug-likeness (QED) is 0.835. The summed E-state index contributed by atoms with van der Waals surface area (Å²) in [5, 5.41) is 3.18. The normalized spacial score (nSPS) is 12.8. The molecule has 84 valence electrons. The van der Waals surface area contributed by atoms with Crippen molar-refractivity contribution >= 4 is 15.9 Å². The number of methoxy groups -OCH3 is 1. The fourth-order valence-electron chi connectivity index (χ4n) is 1.34. The zero-order valence-electron chi connectivity index (χ0n) is 8.89. The molecule has 4 heteroatoms. The second kappa shape index (κ2) is 6.20. The Hall–Kier alpha value is -0.450. The summed E-state index contributed by atoms with van der Waals surface area (Å²) in [6.07, 6.45) is 0. The van der Waals surface area contributed by atoms with Crippen LogP contribution in [0.5, 0.6) is 0 Å². The van der Waals surface area contributed by atoms with E-state index in [1.54, 1.807) is 13.2 Å². The lowest BCUT2D eigenvalue weighted by Gasteiger charge is -2.14. The average molecular weight is 276 g/mol. The van der Waals surface area contributed by atoms with Crippen LogP contribution in [-0.4, -0.2) is 20.3 Å². The second-order valence-corrected chi connectivity index (χ2v) is 4.25. The second-order valence-electron chi connectivity index (χ2n) is 3.33. The predicted molar refractivity (Wildman–Crippen MR) is 62.4 cm³/mol. The molecule has 1 aromatic rings. The van der Waals surface area contributed by atoms with Crippen molar-refractivity contribution in [3.63, 3.8) is 0 Å². The summed E-state index contributed by atoms with van der Waals surface area (Å²) in [6, 6.07) is 5.09. The molecule has 0 aliphatic heterocycles. The van der Waals surface area contributed by atoms with Gasteiger partial charge in [0.05, 0.1) is 6.61 Å². The smallest absolute Gasteiger partial charge is 0.129 e. The van der Waals surface area contributed by atoms with Crippen molar-refractivity contribution in [3.8, 4) is 0 Å². The molecular weight excluding hydrogens is 261 g/mol. The van der Waals surface area contributed by atoms with Crippen LogP contribution in [0.15, 0.2) is 22.7 Å². The topological polar surface area (TPSA) is 21.3 Å². The minimum absolute atomic E-state index is 0.00625. The molecule has 0 aliphatic carbocycles. The van der Waals surface area contributed by atoms with Gasteiger partial charge in [0, 0.05) is 29.7 Å². The Kier molecular flexibility index (Phi) is 5.22. The van der Waals surface area contributed by atoms with Crippen LogP contribution >= 0.6 is 15.9 Å². The molecule has 0 spiro atoms. The van der Waals surface area contributed by atoms with Crippen molar-refractivity contribution in [1.29, 1.82) is 0 Å². The minimum atomic E-state index is -0.193. The first kappa shape index (κ1) is 12.6. The number of ether oxygens (including phenoxy) is 1. The molecule has 1 unspecified atom stereocenters. The first-order valence-electron chi connectivity index (χ1n) is 4.82. The van der Waals surface area contributed by atoms with Gasteiger partial charge in [-0.25, -0.2) is 4.39 Å². The van der Waals surface area contributed by atoms with Crippen LogP contribution in [0.25, 0.3) is 0 Å². The van der Waals surface area contributed by atoms with Gasteiger partial charge in [-0.3, -0.25) is 0 Å². The lowest BCUT2D eigenvalue weighted by Crippen LogP contribution is -2.23. The highest BCUT2D eigenvalue weighted by atomic mass is 79.9. The molecule has 0 radical (unpaired) electrons. The SMILES string of the molecule is COCCNC(C)c1ccc(Br)cc1F. The summed E-state index contributed by atoms with van der Waals surface area (Å²) in [7, 11) is 1.65. The van der Waals surface area contributed by atoms with Gasteiger partial charge in [-0.1, -0.05) is 22.0 Å². The average Bonchev–Trinajstić information content (AvgIpc) is 2.17. The van der Waals surface area contributed by atoms with Gasteiger partial charge < -0.3 is 10.1 Å². The number of rotatable bonds is 5. The van der Waals surface area contributed by atoms with Crippen LogP contribution in [0.3, 0.4) is 0 Å². The van der Waals surface area contributed by atoms with Crippen molar-refractivity contribution in [2.45, 2.75) is 13.0 Å². The van der Waals surface area contributed by atoms with E-state index in [0.29, 0.717) is 18.7 Å². The third-order valence-electron chi connectivity index (χ3n) is 2.19. The van der Waals surface area contributed by atoms with Gasteiger partial charge in [0.2, 0.25) is 0 Å². The third kappa shape index (κ3) is 3.89. The molecule has 0 saturated carbocycles. The molecule has 2 nitrogen and oxygen atoms in total. The maximum absolute atomic E-state index is 13.5.